The van der Waals surface area contributed by atoms with E-state index in [2.05, 4.69) is 5.32 Å². The van der Waals surface area contributed by atoms with Crippen LogP contribution in [-0.4, -0.2) is 13.0 Å². The van der Waals surface area contributed by atoms with Gasteiger partial charge in [0, 0.05) is 12.0 Å². The first-order chi connectivity index (χ1) is 7.69. The van der Waals surface area contributed by atoms with Crippen molar-refractivity contribution in [2.45, 2.75) is 32.7 Å². The molecule has 0 aliphatic carbocycles. The van der Waals surface area contributed by atoms with Crippen molar-refractivity contribution in [2.75, 3.05) is 7.11 Å². The van der Waals surface area contributed by atoms with Gasteiger partial charge in [-0.25, -0.2) is 0 Å². The van der Waals surface area contributed by atoms with Gasteiger partial charge in [-0.05, 0) is 19.4 Å². The number of methoxy groups -OCH3 is 1. The molecule has 0 aromatic heterocycles. The Bertz CT molecular complexity index is 350. The topological polar surface area (TPSA) is 38.3 Å². The summed E-state index contributed by atoms with van der Waals surface area (Å²) in [6, 6.07) is 7.71. The van der Waals surface area contributed by atoms with E-state index in [1.807, 2.05) is 38.1 Å². The van der Waals surface area contributed by atoms with Gasteiger partial charge in [-0.3, -0.25) is 4.79 Å². The highest BCUT2D eigenvalue weighted by Gasteiger charge is 2.12. The molecule has 0 bridgehead atoms. The van der Waals surface area contributed by atoms with Crippen LogP contribution in [0.2, 0.25) is 0 Å². The summed E-state index contributed by atoms with van der Waals surface area (Å²) in [6.45, 7) is 3.96. The van der Waals surface area contributed by atoms with Gasteiger partial charge in [0.1, 0.15) is 5.75 Å². The number of hydrogen-bond donors (Lipinski definition) is 1. The third kappa shape index (κ3) is 3.26. The average Bonchev–Trinajstić information content (AvgIpc) is 2.29. The molecule has 1 aromatic rings. The average molecular weight is 221 g/mol. The number of amides is 1. The Morgan fingerprint density at radius 3 is 2.75 bits per heavy atom. The van der Waals surface area contributed by atoms with E-state index in [9.17, 15) is 4.79 Å². The zero-order chi connectivity index (χ0) is 12.0. The Kier molecular flexibility index (Phi) is 4.83. The van der Waals surface area contributed by atoms with E-state index < -0.39 is 0 Å². The zero-order valence-corrected chi connectivity index (χ0v) is 10.1. The van der Waals surface area contributed by atoms with Gasteiger partial charge in [-0.15, -0.1) is 0 Å². The number of nitrogens with one attached hydrogen (secondary N) is 1. The molecule has 16 heavy (non-hydrogen) atoms. The van der Waals surface area contributed by atoms with Crippen LogP contribution in [0.5, 0.6) is 5.75 Å². The molecule has 0 fully saturated rings. The third-order valence-electron chi connectivity index (χ3n) is 2.46. The fourth-order valence-corrected chi connectivity index (χ4v) is 1.64. The van der Waals surface area contributed by atoms with Crippen molar-refractivity contribution in [1.82, 2.24) is 5.32 Å². The van der Waals surface area contributed by atoms with Gasteiger partial charge in [-0.2, -0.15) is 0 Å². The fourth-order valence-electron chi connectivity index (χ4n) is 1.64. The van der Waals surface area contributed by atoms with Gasteiger partial charge in [0.2, 0.25) is 5.91 Å². The van der Waals surface area contributed by atoms with Crippen molar-refractivity contribution >= 4 is 5.91 Å². The molecule has 1 rings (SSSR count). The summed E-state index contributed by atoms with van der Waals surface area (Å²) in [5, 5.41) is 2.95. The molecule has 3 heteroatoms. The maximum absolute atomic E-state index is 11.5. The predicted octanol–water partition coefficient (Wildman–Crippen LogP) is 2.67. The number of carbonyl (C=O) groups is 1. The summed E-state index contributed by atoms with van der Waals surface area (Å²) in [5.41, 5.74) is 1.01. The molecular formula is C13H19NO2. The highest BCUT2D eigenvalue weighted by molar-refractivity contribution is 5.76. The monoisotopic (exact) mass is 221 g/mol. The molecule has 3 nitrogen and oxygen atoms in total. The number of para-hydroxylation sites is 1. The lowest BCUT2D eigenvalue weighted by atomic mass is 10.1. The first-order valence-electron chi connectivity index (χ1n) is 5.61. The second kappa shape index (κ2) is 6.16. The molecule has 0 saturated heterocycles. The molecule has 1 N–H and O–H groups in total. The Balaban J connectivity index is 2.72. The van der Waals surface area contributed by atoms with Crippen LogP contribution in [0.4, 0.5) is 0 Å². The molecule has 0 radical (unpaired) electrons. The van der Waals surface area contributed by atoms with E-state index in [1.165, 1.54) is 0 Å². The molecule has 1 amide bonds. The molecule has 0 aliphatic rings. The largest absolute Gasteiger partial charge is 0.496 e. The van der Waals surface area contributed by atoms with Crippen LogP contribution in [0.15, 0.2) is 24.3 Å². The predicted molar refractivity (Wildman–Crippen MR) is 64.5 cm³/mol. The van der Waals surface area contributed by atoms with Crippen LogP contribution in [0.1, 0.15) is 38.3 Å². The number of carbonyl (C=O) groups excluding carboxylic acids is 1. The second-order valence-electron chi connectivity index (χ2n) is 3.78. The third-order valence-corrected chi connectivity index (χ3v) is 2.46. The minimum atomic E-state index is -0.0183. The highest BCUT2D eigenvalue weighted by atomic mass is 16.5. The van der Waals surface area contributed by atoms with Gasteiger partial charge < -0.3 is 10.1 Å². The van der Waals surface area contributed by atoms with Gasteiger partial charge in [-0.1, -0.05) is 25.1 Å². The minimum Gasteiger partial charge on any atom is -0.496 e. The van der Waals surface area contributed by atoms with E-state index >= 15 is 0 Å². The van der Waals surface area contributed by atoms with E-state index in [1.54, 1.807) is 7.11 Å². The van der Waals surface area contributed by atoms with E-state index in [0.717, 1.165) is 17.7 Å². The Labute approximate surface area is 96.8 Å². The molecule has 0 heterocycles. The van der Waals surface area contributed by atoms with Crippen LogP contribution in [0.3, 0.4) is 0 Å². The molecule has 0 aliphatic heterocycles. The van der Waals surface area contributed by atoms with Gasteiger partial charge in [0.25, 0.3) is 0 Å². The lowest BCUT2D eigenvalue weighted by molar-refractivity contribution is -0.121. The summed E-state index contributed by atoms with van der Waals surface area (Å²) in [7, 11) is 1.64. The van der Waals surface area contributed by atoms with Gasteiger partial charge >= 0.3 is 0 Å². The van der Waals surface area contributed by atoms with E-state index in [0.29, 0.717) is 6.42 Å². The zero-order valence-electron chi connectivity index (χ0n) is 10.1. The lowest BCUT2D eigenvalue weighted by Crippen LogP contribution is -2.26. The Morgan fingerprint density at radius 2 is 2.12 bits per heavy atom. The van der Waals surface area contributed by atoms with E-state index in [-0.39, 0.29) is 11.9 Å². The molecular weight excluding hydrogens is 202 g/mol. The smallest absolute Gasteiger partial charge is 0.220 e. The lowest BCUT2D eigenvalue weighted by Gasteiger charge is -2.16. The van der Waals surface area contributed by atoms with Gasteiger partial charge in [0.15, 0.2) is 0 Å². The molecule has 1 atom stereocenters. The first kappa shape index (κ1) is 12.6. The van der Waals surface area contributed by atoms with Crippen LogP contribution < -0.4 is 10.1 Å². The van der Waals surface area contributed by atoms with Crippen LogP contribution in [0, 0.1) is 0 Å². The second-order valence-corrected chi connectivity index (χ2v) is 3.78. The quantitative estimate of drug-likeness (QED) is 0.830. The number of benzene rings is 1. The maximum atomic E-state index is 11.5. The summed E-state index contributed by atoms with van der Waals surface area (Å²) >= 11 is 0. The van der Waals surface area contributed by atoms with Crippen molar-refractivity contribution in [1.29, 1.82) is 0 Å². The van der Waals surface area contributed by atoms with Crippen molar-refractivity contribution in [3.05, 3.63) is 29.8 Å². The SMILES string of the molecule is CCCC(=O)N[C@H](C)c1ccccc1OC. The maximum Gasteiger partial charge on any atom is 0.220 e. The van der Waals surface area contributed by atoms with Crippen LogP contribution in [0.25, 0.3) is 0 Å². The fraction of sp³-hybridized carbons (Fsp3) is 0.462. The number of hydrogen-bond acceptors (Lipinski definition) is 2. The summed E-state index contributed by atoms with van der Waals surface area (Å²) in [5.74, 6) is 0.896. The standard InChI is InChI=1S/C13H19NO2/c1-4-7-13(15)14-10(2)11-8-5-6-9-12(11)16-3/h5-6,8-10H,4,7H2,1-3H3,(H,14,15)/t10-/m1/s1. The molecule has 0 unspecified atom stereocenters. The van der Waals surface area contributed by atoms with Crippen molar-refractivity contribution < 1.29 is 9.53 Å². The molecule has 1 aromatic carbocycles. The number of ether oxygens (including phenoxy) is 1. The first-order valence-corrected chi connectivity index (χ1v) is 5.61. The number of rotatable bonds is 5. The van der Waals surface area contributed by atoms with Crippen LogP contribution in [-0.2, 0) is 4.79 Å². The van der Waals surface area contributed by atoms with Crippen LogP contribution >= 0.6 is 0 Å². The molecule has 0 saturated carbocycles. The van der Waals surface area contributed by atoms with Gasteiger partial charge in [0.05, 0.1) is 13.2 Å². The van der Waals surface area contributed by atoms with Crippen molar-refractivity contribution in [3.8, 4) is 5.75 Å². The Morgan fingerprint density at radius 1 is 1.44 bits per heavy atom. The van der Waals surface area contributed by atoms with Crippen molar-refractivity contribution in [3.63, 3.8) is 0 Å². The highest BCUT2D eigenvalue weighted by Crippen LogP contribution is 2.24. The summed E-state index contributed by atoms with van der Waals surface area (Å²) in [6.07, 6.45) is 1.43. The Hall–Kier alpha value is -1.51. The summed E-state index contributed by atoms with van der Waals surface area (Å²) in [4.78, 5) is 11.5. The normalized spacial score (nSPS) is 11.9. The van der Waals surface area contributed by atoms with Crippen molar-refractivity contribution in [2.24, 2.45) is 0 Å². The summed E-state index contributed by atoms with van der Waals surface area (Å²) < 4.78 is 5.26. The van der Waals surface area contributed by atoms with E-state index in [4.69, 9.17) is 4.74 Å². The molecule has 88 valence electrons. The molecule has 0 spiro atoms. The minimum absolute atomic E-state index is 0.0183.